The Bertz CT molecular complexity index is 795. The van der Waals surface area contributed by atoms with Crippen molar-refractivity contribution in [1.29, 1.82) is 5.26 Å². The Morgan fingerprint density at radius 2 is 1.83 bits per heavy atom. The van der Waals surface area contributed by atoms with Gasteiger partial charge in [-0.25, -0.2) is 0 Å². The van der Waals surface area contributed by atoms with E-state index in [2.05, 4.69) is 57.6 Å². The van der Waals surface area contributed by atoms with E-state index in [9.17, 15) is 0 Å². The summed E-state index contributed by atoms with van der Waals surface area (Å²) < 4.78 is 10.9. The average Bonchev–Trinajstić information content (AvgIpc) is 2.81. The van der Waals surface area contributed by atoms with Crippen molar-refractivity contribution in [3.63, 3.8) is 0 Å². The van der Waals surface area contributed by atoms with Crippen LogP contribution in [0.1, 0.15) is 23.6 Å². The lowest BCUT2D eigenvalue weighted by Gasteiger charge is -2.35. The summed E-state index contributed by atoms with van der Waals surface area (Å²) in [5.74, 6) is 0.882. The minimum atomic E-state index is 0.302. The van der Waals surface area contributed by atoms with Crippen molar-refractivity contribution >= 4 is 5.69 Å². The molecule has 30 heavy (non-hydrogen) atoms. The fourth-order valence-electron chi connectivity index (χ4n) is 3.74. The third-order valence-electron chi connectivity index (χ3n) is 5.59. The van der Waals surface area contributed by atoms with Crippen LogP contribution in [-0.4, -0.2) is 58.5 Å². The molecule has 1 fully saturated rings. The number of morpholine rings is 1. The van der Waals surface area contributed by atoms with Crippen LogP contribution in [0.2, 0.25) is 0 Å². The molecule has 1 heterocycles. The maximum absolute atomic E-state index is 8.75. The molecule has 0 saturated carbocycles. The lowest BCUT2D eigenvalue weighted by atomic mass is 10.0. The van der Waals surface area contributed by atoms with Gasteiger partial charge in [-0.1, -0.05) is 24.3 Å². The summed E-state index contributed by atoms with van der Waals surface area (Å²) in [6.45, 7) is 5.90. The number of benzene rings is 2. The molecule has 1 atom stereocenters. The van der Waals surface area contributed by atoms with Crippen molar-refractivity contribution in [2.24, 2.45) is 0 Å². The minimum absolute atomic E-state index is 0.302. The summed E-state index contributed by atoms with van der Waals surface area (Å²) in [6.07, 6.45) is 0.536. The first-order valence-corrected chi connectivity index (χ1v) is 10.5. The fraction of sp³-hybridized carbons (Fsp3) is 0.458. The quantitative estimate of drug-likeness (QED) is 0.651. The van der Waals surface area contributed by atoms with Crippen molar-refractivity contribution < 1.29 is 9.47 Å². The van der Waals surface area contributed by atoms with Gasteiger partial charge in [0, 0.05) is 51.5 Å². The van der Waals surface area contributed by atoms with Gasteiger partial charge in [0.25, 0.3) is 0 Å². The Kier molecular flexibility index (Phi) is 8.52. The number of nitrogens with zero attached hydrogens (tertiary/aromatic N) is 3. The highest BCUT2D eigenvalue weighted by Gasteiger charge is 2.22. The van der Waals surface area contributed by atoms with Crippen molar-refractivity contribution in [2.45, 2.75) is 19.0 Å². The molecule has 6 nitrogen and oxygen atoms in total. The van der Waals surface area contributed by atoms with Crippen LogP contribution >= 0.6 is 0 Å². The number of rotatable bonds is 10. The number of hydrogen-bond donors (Lipinski definition) is 1. The molecule has 0 unspecified atom stereocenters. The van der Waals surface area contributed by atoms with Crippen LogP contribution in [0.25, 0.3) is 0 Å². The predicted molar refractivity (Wildman–Crippen MR) is 120 cm³/mol. The van der Waals surface area contributed by atoms with Crippen LogP contribution in [0.15, 0.2) is 48.5 Å². The average molecular weight is 409 g/mol. The van der Waals surface area contributed by atoms with Gasteiger partial charge in [-0.15, -0.1) is 0 Å². The molecule has 0 aliphatic carbocycles. The molecule has 1 aliphatic heterocycles. The van der Waals surface area contributed by atoms with Crippen LogP contribution < -0.4 is 15.0 Å². The monoisotopic (exact) mass is 408 g/mol. The Labute approximate surface area is 180 Å². The molecule has 0 radical (unpaired) electrons. The first kappa shape index (κ1) is 22.1. The number of nitriles is 1. The maximum atomic E-state index is 8.75. The number of ether oxygens (including phenoxy) is 2. The highest BCUT2D eigenvalue weighted by atomic mass is 16.5. The van der Waals surface area contributed by atoms with E-state index in [1.54, 1.807) is 7.11 Å². The summed E-state index contributed by atoms with van der Waals surface area (Å²) in [5.41, 5.74) is 3.68. The molecular weight excluding hydrogens is 376 g/mol. The summed E-state index contributed by atoms with van der Waals surface area (Å²) >= 11 is 0. The van der Waals surface area contributed by atoms with Crippen LogP contribution in [0.3, 0.4) is 0 Å². The van der Waals surface area contributed by atoms with E-state index in [0.29, 0.717) is 12.5 Å². The van der Waals surface area contributed by atoms with Gasteiger partial charge in [0.15, 0.2) is 0 Å². The van der Waals surface area contributed by atoms with Gasteiger partial charge in [0.1, 0.15) is 5.75 Å². The molecule has 0 amide bonds. The third-order valence-corrected chi connectivity index (χ3v) is 5.59. The molecular formula is C24H32N4O2. The van der Waals surface area contributed by atoms with Crippen molar-refractivity contribution in [3.05, 3.63) is 59.7 Å². The van der Waals surface area contributed by atoms with Gasteiger partial charge >= 0.3 is 0 Å². The summed E-state index contributed by atoms with van der Waals surface area (Å²) in [5, 5.41) is 12.4. The lowest BCUT2D eigenvalue weighted by molar-refractivity contribution is 0.0161. The molecule has 160 valence electrons. The molecule has 2 aromatic rings. The summed E-state index contributed by atoms with van der Waals surface area (Å²) in [4.78, 5) is 4.60. The summed E-state index contributed by atoms with van der Waals surface area (Å²) in [6, 6.07) is 19.4. The van der Waals surface area contributed by atoms with Gasteiger partial charge in [0.05, 0.1) is 32.8 Å². The van der Waals surface area contributed by atoms with E-state index >= 15 is 0 Å². The summed E-state index contributed by atoms with van der Waals surface area (Å²) in [7, 11) is 3.72. The van der Waals surface area contributed by atoms with Crippen molar-refractivity contribution in [2.75, 3.05) is 58.5 Å². The number of anilines is 1. The van der Waals surface area contributed by atoms with Crippen LogP contribution in [-0.2, 0) is 11.3 Å². The second-order valence-electron chi connectivity index (χ2n) is 7.56. The largest absolute Gasteiger partial charge is 0.497 e. The van der Waals surface area contributed by atoms with Crippen LogP contribution in [0, 0.1) is 11.3 Å². The van der Waals surface area contributed by atoms with E-state index in [0.717, 1.165) is 57.4 Å². The molecule has 1 aliphatic rings. The van der Waals surface area contributed by atoms with Crippen molar-refractivity contribution in [1.82, 2.24) is 10.2 Å². The molecule has 6 heteroatoms. The molecule has 0 spiro atoms. The second kappa shape index (κ2) is 11.6. The van der Waals surface area contributed by atoms with Gasteiger partial charge < -0.3 is 19.7 Å². The second-order valence-corrected chi connectivity index (χ2v) is 7.56. The van der Waals surface area contributed by atoms with Gasteiger partial charge in [0.2, 0.25) is 0 Å². The highest BCUT2D eigenvalue weighted by molar-refractivity contribution is 5.46. The standard InChI is InChI=1S/C24H32N4O2/c1-27(13-3-12-25)22-8-4-20(5-9-22)18-26-19-24(28-14-16-30-17-15-28)21-6-10-23(29-2)11-7-21/h4-11,24,26H,3,13-19H2,1-2H3/t24-/m0/s1. The molecule has 1 N–H and O–H groups in total. The maximum Gasteiger partial charge on any atom is 0.118 e. The minimum Gasteiger partial charge on any atom is -0.497 e. The number of hydrogen-bond acceptors (Lipinski definition) is 6. The highest BCUT2D eigenvalue weighted by Crippen LogP contribution is 2.24. The number of methoxy groups -OCH3 is 1. The fourth-order valence-corrected chi connectivity index (χ4v) is 3.74. The third kappa shape index (κ3) is 6.20. The number of nitrogens with one attached hydrogen (secondary N) is 1. The smallest absolute Gasteiger partial charge is 0.118 e. The topological polar surface area (TPSA) is 60.8 Å². The Hall–Kier alpha value is -2.59. The molecule has 1 saturated heterocycles. The first-order valence-electron chi connectivity index (χ1n) is 10.5. The SMILES string of the molecule is COc1ccc([C@H](CNCc2ccc(N(C)CCC#N)cc2)N2CCOCC2)cc1. The molecule has 3 rings (SSSR count). The van der Waals surface area contributed by atoms with E-state index in [1.807, 2.05) is 19.2 Å². The Morgan fingerprint density at radius 3 is 2.47 bits per heavy atom. The van der Waals surface area contributed by atoms with E-state index in [-0.39, 0.29) is 0 Å². The van der Waals surface area contributed by atoms with Gasteiger partial charge in [-0.2, -0.15) is 5.26 Å². The lowest BCUT2D eigenvalue weighted by Crippen LogP contribution is -2.42. The Balaban J connectivity index is 1.59. The normalized spacial score (nSPS) is 15.4. The molecule has 0 aromatic heterocycles. The van der Waals surface area contributed by atoms with E-state index in [1.165, 1.54) is 11.1 Å². The van der Waals surface area contributed by atoms with Gasteiger partial charge in [-0.3, -0.25) is 4.90 Å². The van der Waals surface area contributed by atoms with Crippen LogP contribution in [0.5, 0.6) is 5.75 Å². The first-order chi connectivity index (χ1) is 14.7. The van der Waals surface area contributed by atoms with E-state index in [4.69, 9.17) is 14.7 Å². The van der Waals surface area contributed by atoms with E-state index < -0.39 is 0 Å². The molecule has 2 aromatic carbocycles. The molecule has 0 bridgehead atoms. The van der Waals surface area contributed by atoms with Gasteiger partial charge in [-0.05, 0) is 35.4 Å². The van der Waals surface area contributed by atoms with Crippen molar-refractivity contribution in [3.8, 4) is 11.8 Å². The zero-order chi connectivity index (χ0) is 21.2. The zero-order valence-electron chi connectivity index (χ0n) is 18.0. The Morgan fingerprint density at radius 1 is 1.13 bits per heavy atom. The van der Waals surface area contributed by atoms with Crippen LogP contribution in [0.4, 0.5) is 5.69 Å². The predicted octanol–water partition coefficient (Wildman–Crippen LogP) is 3.21. The zero-order valence-corrected chi connectivity index (χ0v) is 18.0.